The monoisotopic (exact) mass is 260 g/mol. The SMILES string of the molecule is c1ccc2c(c1)CC(OCCCN1CCCC1)CN2. The Labute approximate surface area is 115 Å². The second kappa shape index (κ2) is 6.40. The number of para-hydroxylation sites is 1. The van der Waals surface area contributed by atoms with Crippen molar-refractivity contribution in [2.24, 2.45) is 0 Å². The highest BCUT2D eigenvalue weighted by molar-refractivity contribution is 5.53. The minimum Gasteiger partial charge on any atom is -0.382 e. The second-order valence-electron chi connectivity index (χ2n) is 5.64. The van der Waals surface area contributed by atoms with Gasteiger partial charge in [0.15, 0.2) is 0 Å². The minimum absolute atomic E-state index is 0.341. The molecule has 2 aliphatic heterocycles. The lowest BCUT2D eigenvalue weighted by Gasteiger charge is -2.26. The Kier molecular flexibility index (Phi) is 4.36. The molecule has 3 nitrogen and oxygen atoms in total. The average molecular weight is 260 g/mol. The molecule has 1 fully saturated rings. The van der Waals surface area contributed by atoms with Gasteiger partial charge in [-0.1, -0.05) is 18.2 Å². The number of likely N-dealkylation sites (tertiary alicyclic amines) is 1. The summed E-state index contributed by atoms with van der Waals surface area (Å²) in [6.07, 6.45) is 5.31. The van der Waals surface area contributed by atoms with Crippen LogP contribution in [0.5, 0.6) is 0 Å². The largest absolute Gasteiger partial charge is 0.382 e. The van der Waals surface area contributed by atoms with Crippen molar-refractivity contribution in [3.8, 4) is 0 Å². The summed E-state index contributed by atoms with van der Waals surface area (Å²) in [5.41, 5.74) is 2.66. The molecule has 1 saturated heterocycles. The molecule has 104 valence electrons. The van der Waals surface area contributed by atoms with E-state index in [2.05, 4.69) is 34.5 Å². The Bertz CT molecular complexity index is 401. The van der Waals surface area contributed by atoms with Crippen molar-refractivity contribution in [3.05, 3.63) is 29.8 Å². The van der Waals surface area contributed by atoms with Crippen molar-refractivity contribution < 1.29 is 4.74 Å². The maximum atomic E-state index is 6.01. The first-order valence-corrected chi connectivity index (χ1v) is 7.57. The molecule has 0 aliphatic carbocycles. The van der Waals surface area contributed by atoms with Crippen molar-refractivity contribution in [1.29, 1.82) is 0 Å². The molecule has 19 heavy (non-hydrogen) atoms. The first-order chi connectivity index (χ1) is 9.42. The molecule has 1 aromatic rings. The summed E-state index contributed by atoms with van der Waals surface area (Å²) in [5, 5.41) is 3.46. The summed E-state index contributed by atoms with van der Waals surface area (Å²) >= 11 is 0. The van der Waals surface area contributed by atoms with E-state index in [1.807, 2.05) is 0 Å². The molecular formula is C16H24N2O. The Balaban J connectivity index is 1.37. The highest BCUT2D eigenvalue weighted by Crippen LogP contribution is 2.22. The third-order valence-corrected chi connectivity index (χ3v) is 4.16. The van der Waals surface area contributed by atoms with Gasteiger partial charge in [-0.2, -0.15) is 0 Å². The number of fused-ring (bicyclic) bond motifs is 1. The fraction of sp³-hybridized carbons (Fsp3) is 0.625. The van der Waals surface area contributed by atoms with Crippen LogP contribution in [0.4, 0.5) is 5.69 Å². The van der Waals surface area contributed by atoms with E-state index in [-0.39, 0.29) is 0 Å². The zero-order valence-electron chi connectivity index (χ0n) is 11.6. The van der Waals surface area contributed by atoms with E-state index in [0.717, 1.165) is 26.0 Å². The van der Waals surface area contributed by atoms with Crippen LogP contribution >= 0.6 is 0 Å². The van der Waals surface area contributed by atoms with E-state index in [4.69, 9.17) is 4.74 Å². The molecule has 1 aromatic carbocycles. The zero-order valence-corrected chi connectivity index (χ0v) is 11.6. The Morgan fingerprint density at radius 3 is 2.95 bits per heavy atom. The van der Waals surface area contributed by atoms with Crippen LogP contribution in [0, 0.1) is 0 Å². The van der Waals surface area contributed by atoms with E-state index in [1.54, 1.807) is 0 Å². The van der Waals surface area contributed by atoms with Gasteiger partial charge in [0.05, 0.1) is 6.10 Å². The molecule has 3 heteroatoms. The third-order valence-electron chi connectivity index (χ3n) is 4.16. The number of nitrogens with one attached hydrogen (secondary N) is 1. The fourth-order valence-electron chi connectivity index (χ4n) is 3.07. The fourth-order valence-corrected chi connectivity index (χ4v) is 3.07. The lowest BCUT2D eigenvalue weighted by Crippen LogP contribution is -2.31. The molecule has 2 heterocycles. The van der Waals surface area contributed by atoms with E-state index >= 15 is 0 Å². The molecule has 1 atom stereocenters. The highest BCUT2D eigenvalue weighted by atomic mass is 16.5. The topological polar surface area (TPSA) is 24.5 Å². The number of benzene rings is 1. The van der Waals surface area contributed by atoms with Gasteiger partial charge in [-0.05, 0) is 44.0 Å². The standard InChI is InChI=1S/C16H24N2O/c1-2-7-16-14(6-1)12-15(13-17-16)19-11-5-10-18-8-3-4-9-18/h1-2,6-7,15,17H,3-5,8-13H2. The molecule has 0 amide bonds. The highest BCUT2D eigenvalue weighted by Gasteiger charge is 2.18. The van der Waals surface area contributed by atoms with Crippen LogP contribution < -0.4 is 5.32 Å². The predicted octanol–water partition coefficient (Wildman–Crippen LogP) is 2.53. The number of hydrogen-bond acceptors (Lipinski definition) is 3. The maximum absolute atomic E-state index is 6.01. The quantitative estimate of drug-likeness (QED) is 0.823. The molecule has 0 spiro atoms. The van der Waals surface area contributed by atoms with Crippen LogP contribution in [0.15, 0.2) is 24.3 Å². The summed E-state index contributed by atoms with van der Waals surface area (Å²) in [6.45, 7) is 5.62. The lowest BCUT2D eigenvalue weighted by molar-refractivity contribution is 0.0546. The smallest absolute Gasteiger partial charge is 0.0788 e. The lowest BCUT2D eigenvalue weighted by atomic mass is 10.0. The van der Waals surface area contributed by atoms with E-state index in [0.29, 0.717) is 6.10 Å². The van der Waals surface area contributed by atoms with Crippen LogP contribution in [0.1, 0.15) is 24.8 Å². The first kappa shape index (κ1) is 12.9. The Morgan fingerprint density at radius 1 is 1.21 bits per heavy atom. The molecule has 0 radical (unpaired) electrons. The molecule has 1 unspecified atom stereocenters. The number of hydrogen-bond donors (Lipinski definition) is 1. The van der Waals surface area contributed by atoms with Gasteiger partial charge in [-0.3, -0.25) is 0 Å². The van der Waals surface area contributed by atoms with Gasteiger partial charge >= 0.3 is 0 Å². The van der Waals surface area contributed by atoms with Crippen molar-refractivity contribution in [1.82, 2.24) is 4.90 Å². The molecule has 0 aromatic heterocycles. The Morgan fingerprint density at radius 2 is 2.05 bits per heavy atom. The summed E-state index contributed by atoms with van der Waals surface area (Å²) in [6, 6.07) is 8.54. The average Bonchev–Trinajstić information content (AvgIpc) is 2.97. The van der Waals surface area contributed by atoms with Gasteiger partial charge < -0.3 is 15.0 Å². The molecule has 3 rings (SSSR count). The van der Waals surface area contributed by atoms with Crippen molar-refractivity contribution >= 4 is 5.69 Å². The number of rotatable bonds is 5. The van der Waals surface area contributed by atoms with Crippen LogP contribution in [-0.2, 0) is 11.2 Å². The summed E-state index contributed by atoms with van der Waals surface area (Å²) in [7, 11) is 0. The number of ether oxygens (including phenoxy) is 1. The van der Waals surface area contributed by atoms with Crippen LogP contribution in [0.25, 0.3) is 0 Å². The zero-order chi connectivity index (χ0) is 12.9. The summed E-state index contributed by atoms with van der Waals surface area (Å²) < 4.78 is 6.01. The molecular weight excluding hydrogens is 236 g/mol. The van der Waals surface area contributed by atoms with E-state index in [9.17, 15) is 0 Å². The number of nitrogens with zero attached hydrogens (tertiary/aromatic N) is 1. The van der Waals surface area contributed by atoms with Gasteiger partial charge in [0.1, 0.15) is 0 Å². The second-order valence-corrected chi connectivity index (χ2v) is 5.64. The molecule has 0 bridgehead atoms. The normalized spacial score (nSPS) is 23.1. The van der Waals surface area contributed by atoms with Crippen molar-refractivity contribution in [2.75, 3.05) is 38.1 Å². The van der Waals surface area contributed by atoms with Gasteiger partial charge in [0.2, 0.25) is 0 Å². The van der Waals surface area contributed by atoms with E-state index < -0.39 is 0 Å². The van der Waals surface area contributed by atoms with Crippen LogP contribution in [0.2, 0.25) is 0 Å². The number of anilines is 1. The summed E-state index contributed by atoms with van der Waals surface area (Å²) in [5.74, 6) is 0. The van der Waals surface area contributed by atoms with Crippen molar-refractivity contribution in [2.45, 2.75) is 31.8 Å². The van der Waals surface area contributed by atoms with E-state index in [1.165, 1.54) is 43.7 Å². The molecule has 2 aliphatic rings. The Hall–Kier alpha value is -1.06. The third kappa shape index (κ3) is 3.48. The molecule has 1 N–H and O–H groups in total. The molecule has 0 saturated carbocycles. The van der Waals surface area contributed by atoms with Crippen LogP contribution in [0.3, 0.4) is 0 Å². The van der Waals surface area contributed by atoms with Crippen LogP contribution in [-0.4, -0.2) is 43.8 Å². The predicted molar refractivity (Wildman–Crippen MR) is 78.7 cm³/mol. The van der Waals surface area contributed by atoms with Crippen molar-refractivity contribution in [3.63, 3.8) is 0 Å². The maximum Gasteiger partial charge on any atom is 0.0788 e. The van der Waals surface area contributed by atoms with Gasteiger partial charge in [-0.15, -0.1) is 0 Å². The van der Waals surface area contributed by atoms with Gasteiger partial charge in [0, 0.05) is 31.8 Å². The first-order valence-electron chi connectivity index (χ1n) is 7.57. The minimum atomic E-state index is 0.341. The summed E-state index contributed by atoms with van der Waals surface area (Å²) in [4.78, 5) is 2.55. The van der Waals surface area contributed by atoms with Gasteiger partial charge in [0.25, 0.3) is 0 Å². The van der Waals surface area contributed by atoms with Gasteiger partial charge in [-0.25, -0.2) is 0 Å².